The van der Waals surface area contributed by atoms with Gasteiger partial charge in [0.05, 0.1) is 32.2 Å². The fraction of sp³-hybridized carbons (Fsp3) is 0.433. The zero-order valence-electron chi connectivity index (χ0n) is 24.0. The van der Waals surface area contributed by atoms with Crippen molar-refractivity contribution < 1.29 is 22.7 Å². The van der Waals surface area contributed by atoms with E-state index in [1.165, 1.54) is 4.31 Å². The van der Waals surface area contributed by atoms with Crippen LogP contribution in [0.5, 0.6) is 11.5 Å². The third-order valence-corrected chi connectivity index (χ3v) is 9.92. The highest BCUT2D eigenvalue weighted by molar-refractivity contribution is 7.89. The van der Waals surface area contributed by atoms with Crippen molar-refractivity contribution in [2.75, 3.05) is 33.9 Å². The van der Waals surface area contributed by atoms with Gasteiger partial charge in [-0.3, -0.25) is 4.79 Å². The van der Waals surface area contributed by atoms with E-state index in [1.807, 2.05) is 76.4 Å². The van der Waals surface area contributed by atoms with E-state index in [4.69, 9.17) is 9.47 Å². The van der Waals surface area contributed by atoms with Gasteiger partial charge in [-0.1, -0.05) is 30.7 Å². The highest BCUT2D eigenvalue weighted by Crippen LogP contribution is 2.29. The smallest absolute Gasteiger partial charge is 0.244 e. The molecule has 3 rings (SSSR count). The van der Waals surface area contributed by atoms with E-state index in [0.717, 1.165) is 21.6 Å². The maximum atomic E-state index is 13.8. The van der Waals surface area contributed by atoms with Gasteiger partial charge in [0.1, 0.15) is 0 Å². The fourth-order valence-corrected chi connectivity index (χ4v) is 7.63. The molecule has 0 aliphatic rings. The van der Waals surface area contributed by atoms with Gasteiger partial charge in [0.15, 0.2) is 11.5 Å². The molecule has 39 heavy (non-hydrogen) atoms. The molecule has 1 heterocycles. The number of nitrogens with zero attached hydrogens (tertiary/aromatic N) is 2. The van der Waals surface area contributed by atoms with E-state index in [9.17, 15) is 13.2 Å². The molecule has 0 aliphatic heterocycles. The molecule has 0 fully saturated rings. The van der Waals surface area contributed by atoms with Crippen molar-refractivity contribution >= 4 is 27.3 Å². The number of ether oxygens (including phenoxy) is 2. The molecular weight excluding hydrogens is 532 g/mol. The second kappa shape index (κ2) is 13.5. The van der Waals surface area contributed by atoms with E-state index in [2.05, 4.69) is 0 Å². The number of rotatable bonds is 13. The standard InChI is InChI=1S/C30H40N2O5S2/c1-8-13-32(39(34,35)30-23(4)16-21(2)17-24(30)5)20-29(33)31(19-28-22(3)12-15-38-28)14-11-25-9-10-26(36-6)27(18-25)37-7/h9-10,12,15-18H,8,11,13-14,19-20H2,1-7H3. The molecule has 0 unspecified atom stereocenters. The zero-order valence-corrected chi connectivity index (χ0v) is 25.7. The summed E-state index contributed by atoms with van der Waals surface area (Å²) in [6.45, 7) is 10.5. The zero-order chi connectivity index (χ0) is 28.7. The van der Waals surface area contributed by atoms with Crippen LogP contribution < -0.4 is 9.47 Å². The first-order chi connectivity index (χ1) is 18.5. The Labute approximate surface area is 237 Å². The lowest BCUT2D eigenvalue weighted by Crippen LogP contribution is -2.44. The summed E-state index contributed by atoms with van der Waals surface area (Å²) in [5.41, 5.74) is 4.51. The first-order valence-electron chi connectivity index (χ1n) is 13.1. The Bertz CT molecular complexity index is 1380. The highest BCUT2D eigenvalue weighted by Gasteiger charge is 2.30. The van der Waals surface area contributed by atoms with Gasteiger partial charge in [-0.05, 0) is 86.4 Å². The Kier molecular flexibility index (Phi) is 10.6. The van der Waals surface area contributed by atoms with Crippen LogP contribution in [0.3, 0.4) is 0 Å². The molecule has 0 aliphatic carbocycles. The van der Waals surface area contributed by atoms with Crippen LogP contribution in [-0.2, 0) is 27.8 Å². The molecule has 0 saturated carbocycles. The van der Waals surface area contributed by atoms with Crippen LogP contribution in [0.2, 0.25) is 0 Å². The number of hydrogen-bond donors (Lipinski definition) is 0. The number of methoxy groups -OCH3 is 2. The van der Waals surface area contributed by atoms with Gasteiger partial charge in [0.2, 0.25) is 15.9 Å². The number of amides is 1. The van der Waals surface area contributed by atoms with E-state index >= 15 is 0 Å². The van der Waals surface area contributed by atoms with Crippen LogP contribution >= 0.6 is 11.3 Å². The van der Waals surface area contributed by atoms with Crippen molar-refractivity contribution in [2.24, 2.45) is 0 Å². The summed E-state index contributed by atoms with van der Waals surface area (Å²) in [7, 11) is -0.677. The molecule has 9 heteroatoms. The van der Waals surface area contributed by atoms with Crippen LogP contribution in [0.1, 0.15) is 46.0 Å². The normalized spacial score (nSPS) is 11.6. The van der Waals surface area contributed by atoms with Gasteiger partial charge < -0.3 is 14.4 Å². The number of aryl methyl sites for hydroxylation is 4. The third kappa shape index (κ3) is 7.41. The molecule has 1 amide bonds. The number of sulfonamides is 1. The van der Waals surface area contributed by atoms with Crippen LogP contribution in [-0.4, -0.2) is 57.4 Å². The molecular formula is C30H40N2O5S2. The molecule has 3 aromatic rings. The lowest BCUT2D eigenvalue weighted by Gasteiger charge is -2.28. The second-order valence-electron chi connectivity index (χ2n) is 9.85. The fourth-order valence-electron chi connectivity index (χ4n) is 4.82. The van der Waals surface area contributed by atoms with Crippen molar-refractivity contribution in [3.05, 3.63) is 74.5 Å². The molecule has 2 aromatic carbocycles. The Morgan fingerprint density at radius 2 is 1.56 bits per heavy atom. The molecule has 0 N–H and O–H groups in total. The summed E-state index contributed by atoms with van der Waals surface area (Å²) < 4.78 is 39.8. The molecule has 0 spiro atoms. The summed E-state index contributed by atoms with van der Waals surface area (Å²) in [4.78, 5) is 16.9. The first kappa shape index (κ1) is 30.7. The number of carbonyl (C=O) groups is 1. The molecule has 0 atom stereocenters. The van der Waals surface area contributed by atoms with Crippen LogP contribution in [0.25, 0.3) is 0 Å². The van der Waals surface area contributed by atoms with Crippen LogP contribution in [0.15, 0.2) is 46.7 Å². The predicted octanol–water partition coefficient (Wildman–Crippen LogP) is 5.67. The molecule has 7 nitrogen and oxygen atoms in total. The number of thiophene rings is 1. The Balaban J connectivity index is 1.89. The van der Waals surface area contributed by atoms with Crippen LogP contribution in [0, 0.1) is 27.7 Å². The van der Waals surface area contributed by atoms with Gasteiger partial charge in [0, 0.05) is 18.0 Å². The van der Waals surface area contributed by atoms with Gasteiger partial charge in [-0.2, -0.15) is 4.31 Å². The van der Waals surface area contributed by atoms with Crippen molar-refractivity contribution in [2.45, 2.75) is 58.9 Å². The second-order valence-corrected chi connectivity index (χ2v) is 12.7. The van der Waals surface area contributed by atoms with Crippen molar-refractivity contribution in [3.63, 3.8) is 0 Å². The van der Waals surface area contributed by atoms with E-state index in [0.29, 0.717) is 53.5 Å². The molecule has 0 bridgehead atoms. The monoisotopic (exact) mass is 572 g/mol. The van der Waals surface area contributed by atoms with Gasteiger partial charge in [0.25, 0.3) is 0 Å². The van der Waals surface area contributed by atoms with Gasteiger partial charge in [-0.25, -0.2) is 8.42 Å². The SMILES string of the molecule is CCCN(CC(=O)N(CCc1ccc(OC)c(OC)c1)Cc1sccc1C)S(=O)(=O)c1c(C)cc(C)cc1C. The minimum Gasteiger partial charge on any atom is -0.493 e. The lowest BCUT2D eigenvalue weighted by atomic mass is 10.1. The Hall–Kier alpha value is -2.88. The van der Waals surface area contributed by atoms with E-state index in [1.54, 1.807) is 30.5 Å². The summed E-state index contributed by atoms with van der Waals surface area (Å²) in [5.74, 6) is 1.05. The summed E-state index contributed by atoms with van der Waals surface area (Å²) in [5, 5.41) is 2.01. The predicted molar refractivity (Wildman–Crippen MR) is 157 cm³/mol. The minimum atomic E-state index is -3.87. The maximum absolute atomic E-state index is 13.8. The molecule has 212 valence electrons. The topological polar surface area (TPSA) is 76.2 Å². The molecule has 0 radical (unpaired) electrons. The number of carbonyl (C=O) groups excluding carboxylic acids is 1. The largest absolute Gasteiger partial charge is 0.493 e. The van der Waals surface area contributed by atoms with Crippen molar-refractivity contribution in [1.29, 1.82) is 0 Å². The Morgan fingerprint density at radius 1 is 0.897 bits per heavy atom. The summed E-state index contributed by atoms with van der Waals surface area (Å²) in [6.07, 6.45) is 1.19. The van der Waals surface area contributed by atoms with Gasteiger partial charge >= 0.3 is 0 Å². The quantitative estimate of drug-likeness (QED) is 0.264. The van der Waals surface area contributed by atoms with E-state index in [-0.39, 0.29) is 19.0 Å². The van der Waals surface area contributed by atoms with E-state index < -0.39 is 10.0 Å². The van der Waals surface area contributed by atoms with Crippen LogP contribution in [0.4, 0.5) is 0 Å². The first-order valence-corrected chi connectivity index (χ1v) is 15.4. The minimum absolute atomic E-state index is 0.209. The van der Waals surface area contributed by atoms with Gasteiger partial charge in [-0.15, -0.1) is 11.3 Å². The van der Waals surface area contributed by atoms with Crippen molar-refractivity contribution in [1.82, 2.24) is 9.21 Å². The lowest BCUT2D eigenvalue weighted by molar-refractivity contribution is -0.132. The number of hydrogen-bond acceptors (Lipinski definition) is 6. The average molecular weight is 573 g/mol. The Morgan fingerprint density at radius 3 is 2.13 bits per heavy atom. The summed E-state index contributed by atoms with van der Waals surface area (Å²) >= 11 is 1.60. The maximum Gasteiger partial charge on any atom is 0.244 e. The third-order valence-electron chi connectivity index (χ3n) is 6.76. The highest BCUT2D eigenvalue weighted by atomic mass is 32.2. The number of benzene rings is 2. The molecule has 1 aromatic heterocycles. The summed E-state index contributed by atoms with van der Waals surface area (Å²) in [6, 6.07) is 11.5. The van der Waals surface area contributed by atoms with Crippen molar-refractivity contribution in [3.8, 4) is 11.5 Å². The molecule has 0 saturated heterocycles. The average Bonchev–Trinajstić information content (AvgIpc) is 3.29.